The van der Waals surface area contributed by atoms with Crippen LogP contribution in [-0.2, 0) is 0 Å². The van der Waals surface area contributed by atoms with E-state index in [9.17, 15) is 0 Å². The maximum absolute atomic E-state index is 5.08. The predicted octanol–water partition coefficient (Wildman–Crippen LogP) is 2.14. The van der Waals surface area contributed by atoms with Crippen LogP contribution in [0.2, 0.25) is 0 Å². The smallest absolute Gasteiger partial charge is 0.140 e. The van der Waals surface area contributed by atoms with Crippen LogP contribution in [0.25, 0.3) is 11.5 Å². The van der Waals surface area contributed by atoms with Crippen molar-refractivity contribution in [2.45, 2.75) is 0 Å². The van der Waals surface area contributed by atoms with Gasteiger partial charge in [-0.05, 0) is 0 Å². The minimum absolute atomic E-state index is 0.616. The van der Waals surface area contributed by atoms with E-state index < -0.39 is 0 Å². The number of benzene rings is 1. The Kier molecular flexibility index (Phi) is 1.44. The summed E-state index contributed by atoms with van der Waals surface area (Å²) in [7, 11) is 0. The molecule has 0 bridgehead atoms. The van der Waals surface area contributed by atoms with Crippen molar-refractivity contribution in [2.75, 3.05) is 0 Å². The summed E-state index contributed by atoms with van der Waals surface area (Å²) in [6.07, 6.45) is 3.17. The van der Waals surface area contributed by atoms with Gasteiger partial charge < -0.3 is 4.42 Å². The van der Waals surface area contributed by atoms with E-state index >= 15 is 0 Å². The zero-order valence-electron chi connectivity index (χ0n) is 5.82. The van der Waals surface area contributed by atoms with E-state index in [1.807, 2.05) is 24.3 Å². The fourth-order valence-electron chi connectivity index (χ4n) is 0.883. The van der Waals surface area contributed by atoms with Gasteiger partial charge in [0.05, 0.1) is 12.5 Å². The van der Waals surface area contributed by atoms with Crippen LogP contribution in [0.3, 0.4) is 0 Å². The molecule has 1 heterocycles. The van der Waals surface area contributed by atoms with Crippen molar-refractivity contribution in [1.82, 2.24) is 4.98 Å². The van der Waals surface area contributed by atoms with E-state index in [0.29, 0.717) is 5.89 Å². The second-order valence-corrected chi connectivity index (χ2v) is 2.11. The maximum Gasteiger partial charge on any atom is 0.140 e. The fraction of sp³-hybridized carbons (Fsp3) is 0. The number of nitrogens with zero attached hydrogens (tertiary/aromatic N) is 1. The van der Waals surface area contributed by atoms with Gasteiger partial charge in [-0.25, -0.2) is 0 Å². The third-order valence-electron chi connectivity index (χ3n) is 1.37. The number of rotatable bonds is 1. The molecule has 0 atom stereocenters. The van der Waals surface area contributed by atoms with Crippen molar-refractivity contribution >= 4 is 0 Å². The Bertz CT molecular complexity index is 313. The highest BCUT2D eigenvalue weighted by Gasteiger charge is 1.89. The molecule has 54 valence electrons. The van der Waals surface area contributed by atoms with Crippen molar-refractivity contribution in [3.63, 3.8) is 0 Å². The molecular weight excluding hydrogens is 138 g/mol. The number of hydrogen-bond donors (Lipinski definition) is 0. The highest BCUT2D eigenvalue weighted by atomic mass is 16.3. The van der Waals surface area contributed by atoms with Gasteiger partial charge in [-0.3, -0.25) is 4.98 Å². The van der Waals surface area contributed by atoms with Gasteiger partial charge in [0.15, 0.2) is 0 Å². The minimum atomic E-state index is 0.616. The molecule has 0 aliphatic heterocycles. The first-order valence-corrected chi connectivity index (χ1v) is 3.33. The Morgan fingerprint density at radius 3 is 3.00 bits per heavy atom. The van der Waals surface area contributed by atoms with E-state index in [-0.39, 0.29) is 0 Å². The first-order chi connectivity index (χ1) is 5.47. The SMILES string of the molecule is [c-]1ccccc1-c1ncco1. The van der Waals surface area contributed by atoms with Crippen LogP contribution >= 0.6 is 0 Å². The van der Waals surface area contributed by atoms with Gasteiger partial charge in [-0.1, -0.05) is 5.56 Å². The quantitative estimate of drug-likeness (QED) is 0.573. The van der Waals surface area contributed by atoms with E-state index in [2.05, 4.69) is 11.1 Å². The van der Waals surface area contributed by atoms with Gasteiger partial charge in [0.1, 0.15) is 5.89 Å². The summed E-state index contributed by atoms with van der Waals surface area (Å²) in [4.78, 5) is 3.99. The molecule has 0 spiro atoms. The van der Waals surface area contributed by atoms with E-state index in [1.54, 1.807) is 12.5 Å². The molecule has 2 rings (SSSR count). The van der Waals surface area contributed by atoms with Crippen LogP contribution < -0.4 is 0 Å². The van der Waals surface area contributed by atoms with Crippen LogP contribution in [0.15, 0.2) is 41.1 Å². The molecule has 0 aliphatic carbocycles. The normalized spacial score (nSPS) is 9.82. The van der Waals surface area contributed by atoms with E-state index in [1.165, 1.54) is 0 Å². The molecule has 2 heteroatoms. The largest absolute Gasteiger partial charge is 0.489 e. The molecule has 0 aliphatic rings. The summed E-state index contributed by atoms with van der Waals surface area (Å²) < 4.78 is 5.08. The number of hydrogen-bond acceptors (Lipinski definition) is 2. The third kappa shape index (κ3) is 1.15. The molecule has 1 aromatic carbocycles. The average Bonchev–Trinajstić information content (AvgIpc) is 2.58. The highest BCUT2D eigenvalue weighted by molar-refractivity contribution is 5.50. The summed E-state index contributed by atoms with van der Waals surface area (Å²) in [5.74, 6) is 0.616. The maximum atomic E-state index is 5.08. The Labute approximate surface area is 64.5 Å². The summed E-state index contributed by atoms with van der Waals surface area (Å²) in [6.45, 7) is 0. The van der Waals surface area contributed by atoms with Gasteiger partial charge in [0.2, 0.25) is 0 Å². The topological polar surface area (TPSA) is 26.0 Å². The molecule has 0 radical (unpaired) electrons. The summed E-state index contributed by atoms with van der Waals surface area (Å²) in [5.41, 5.74) is 0.887. The lowest BCUT2D eigenvalue weighted by Gasteiger charge is -2.00. The molecule has 0 fully saturated rings. The molecule has 0 saturated heterocycles. The monoisotopic (exact) mass is 144 g/mol. The first kappa shape index (κ1) is 6.16. The minimum Gasteiger partial charge on any atom is -0.489 e. The van der Waals surface area contributed by atoms with Crippen molar-refractivity contribution in [2.24, 2.45) is 0 Å². The lowest BCUT2D eigenvalue weighted by atomic mass is 10.2. The van der Waals surface area contributed by atoms with E-state index in [4.69, 9.17) is 4.42 Å². The molecule has 0 amide bonds. The van der Waals surface area contributed by atoms with Crippen molar-refractivity contribution < 1.29 is 4.42 Å². The second kappa shape index (κ2) is 2.58. The van der Waals surface area contributed by atoms with Gasteiger partial charge in [-0.2, -0.15) is 0 Å². The standard InChI is InChI=1S/C9H6NO/c1-2-4-8(5-3-1)9-10-6-7-11-9/h1-4,6-7H/q-1. The zero-order chi connectivity index (χ0) is 7.52. The zero-order valence-corrected chi connectivity index (χ0v) is 5.82. The van der Waals surface area contributed by atoms with Gasteiger partial charge in [0.25, 0.3) is 0 Å². The molecule has 0 unspecified atom stereocenters. The fourth-order valence-corrected chi connectivity index (χ4v) is 0.883. The Balaban J connectivity index is 2.46. The van der Waals surface area contributed by atoms with Crippen LogP contribution in [0.4, 0.5) is 0 Å². The first-order valence-electron chi connectivity index (χ1n) is 3.33. The molecule has 2 nitrogen and oxygen atoms in total. The third-order valence-corrected chi connectivity index (χ3v) is 1.37. The van der Waals surface area contributed by atoms with Gasteiger partial charge in [-0.15, -0.1) is 30.3 Å². The second-order valence-electron chi connectivity index (χ2n) is 2.11. The van der Waals surface area contributed by atoms with Crippen LogP contribution in [0.1, 0.15) is 0 Å². The van der Waals surface area contributed by atoms with Crippen molar-refractivity contribution in [1.29, 1.82) is 0 Å². The summed E-state index contributed by atoms with van der Waals surface area (Å²) in [6, 6.07) is 10.6. The number of aromatic nitrogens is 1. The van der Waals surface area contributed by atoms with Crippen LogP contribution in [-0.4, -0.2) is 4.98 Å². The lowest BCUT2D eigenvalue weighted by Crippen LogP contribution is -1.74. The Hall–Kier alpha value is -1.57. The van der Waals surface area contributed by atoms with Crippen LogP contribution in [0, 0.1) is 6.07 Å². The van der Waals surface area contributed by atoms with Gasteiger partial charge in [0, 0.05) is 0 Å². The molecule has 0 N–H and O–H groups in total. The van der Waals surface area contributed by atoms with E-state index in [0.717, 1.165) is 5.56 Å². The lowest BCUT2D eigenvalue weighted by molar-refractivity contribution is 0.574. The van der Waals surface area contributed by atoms with Crippen molar-refractivity contribution in [3.05, 3.63) is 42.8 Å². The van der Waals surface area contributed by atoms with Crippen LogP contribution in [0.5, 0.6) is 0 Å². The average molecular weight is 144 g/mol. The number of oxazole rings is 1. The summed E-state index contributed by atoms with van der Waals surface area (Å²) in [5, 5.41) is 0. The molecule has 1 aromatic heterocycles. The molecule has 11 heavy (non-hydrogen) atoms. The van der Waals surface area contributed by atoms with Gasteiger partial charge >= 0.3 is 0 Å². The summed E-state index contributed by atoms with van der Waals surface area (Å²) >= 11 is 0. The Morgan fingerprint density at radius 2 is 2.36 bits per heavy atom. The van der Waals surface area contributed by atoms with Crippen molar-refractivity contribution in [3.8, 4) is 11.5 Å². The molecule has 0 saturated carbocycles. The molecule has 2 aromatic rings. The Morgan fingerprint density at radius 1 is 1.36 bits per heavy atom. The molecular formula is C9H6NO-. The highest BCUT2D eigenvalue weighted by Crippen LogP contribution is 2.14. The predicted molar refractivity (Wildman–Crippen MR) is 40.8 cm³/mol.